The number of anilines is 1. The fraction of sp³-hybridized carbons (Fsp3) is 0.143. The molecule has 2 aromatic heterocycles. The quantitative estimate of drug-likeness (QED) is 0.875. The Labute approximate surface area is 105 Å². The fourth-order valence-corrected chi connectivity index (χ4v) is 2.07. The van der Waals surface area contributed by atoms with Gasteiger partial charge in [-0.25, -0.2) is 4.68 Å². The Hall–Kier alpha value is -2.36. The van der Waals surface area contributed by atoms with Crippen LogP contribution >= 0.6 is 0 Å². The lowest BCUT2D eigenvalue weighted by atomic mass is 10.1. The first kappa shape index (κ1) is 10.8. The first-order valence-electron chi connectivity index (χ1n) is 5.97. The third-order valence-electron chi connectivity index (χ3n) is 2.91. The van der Waals surface area contributed by atoms with Crippen molar-refractivity contribution in [1.29, 1.82) is 0 Å². The van der Waals surface area contributed by atoms with Gasteiger partial charge < -0.3 is 5.73 Å². The molecule has 0 atom stereocenters. The van der Waals surface area contributed by atoms with Crippen LogP contribution in [-0.4, -0.2) is 14.8 Å². The number of nitrogen functional groups attached to an aromatic ring is 1. The molecule has 0 saturated carbocycles. The number of hydrogen-bond acceptors (Lipinski definition) is 3. The molecule has 18 heavy (non-hydrogen) atoms. The maximum atomic E-state index is 5.82. The third-order valence-corrected chi connectivity index (χ3v) is 2.91. The number of nitrogens with zero attached hydrogens (tertiary/aromatic N) is 3. The third kappa shape index (κ3) is 1.93. The zero-order valence-corrected chi connectivity index (χ0v) is 9.95. The zero-order valence-electron chi connectivity index (χ0n) is 9.95. The van der Waals surface area contributed by atoms with Crippen LogP contribution in [0.25, 0.3) is 17.0 Å². The van der Waals surface area contributed by atoms with E-state index in [4.69, 9.17) is 5.73 Å². The highest BCUT2D eigenvalue weighted by Gasteiger charge is 2.11. The van der Waals surface area contributed by atoms with Crippen molar-refractivity contribution >= 4 is 11.5 Å². The van der Waals surface area contributed by atoms with E-state index in [1.54, 1.807) is 6.20 Å². The van der Waals surface area contributed by atoms with Gasteiger partial charge in [-0.1, -0.05) is 12.2 Å². The topological polar surface area (TPSA) is 56.7 Å². The molecule has 4 heteroatoms. The molecule has 90 valence electrons. The summed E-state index contributed by atoms with van der Waals surface area (Å²) in [6.07, 6.45) is 12.1. The number of rotatable bonds is 2. The van der Waals surface area contributed by atoms with Crippen molar-refractivity contribution in [2.75, 3.05) is 5.73 Å². The summed E-state index contributed by atoms with van der Waals surface area (Å²) < 4.78 is 1.88. The van der Waals surface area contributed by atoms with Crippen molar-refractivity contribution < 1.29 is 0 Å². The van der Waals surface area contributed by atoms with Gasteiger partial charge in [0, 0.05) is 24.0 Å². The van der Waals surface area contributed by atoms with E-state index in [1.165, 1.54) is 0 Å². The van der Waals surface area contributed by atoms with Crippen LogP contribution in [0.5, 0.6) is 0 Å². The number of pyridine rings is 1. The average molecular weight is 238 g/mol. The summed E-state index contributed by atoms with van der Waals surface area (Å²) in [4.78, 5) is 4.14. The molecule has 0 radical (unpaired) electrons. The molecule has 0 fully saturated rings. The summed E-state index contributed by atoms with van der Waals surface area (Å²) >= 11 is 0. The van der Waals surface area contributed by atoms with E-state index in [1.807, 2.05) is 29.1 Å². The summed E-state index contributed by atoms with van der Waals surface area (Å²) in [5, 5.41) is 4.36. The number of nitrogens with two attached hydrogens (primary N) is 1. The molecule has 0 aromatic carbocycles. The van der Waals surface area contributed by atoms with E-state index in [2.05, 4.69) is 28.3 Å². The maximum Gasteiger partial charge on any atom is 0.146 e. The maximum absolute atomic E-state index is 5.82. The van der Waals surface area contributed by atoms with E-state index in [-0.39, 0.29) is 0 Å². The average Bonchev–Trinajstić information content (AvgIpc) is 2.83. The molecule has 0 bridgehead atoms. The largest absolute Gasteiger partial charge is 0.382 e. The second-order valence-electron chi connectivity index (χ2n) is 4.22. The molecular formula is C14H14N4. The predicted octanol–water partition coefficient (Wildman–Crippen LogP) is 2.72. The van der Waals surface area contributed by atoms with E-state index in [9.17, 15) is 0 Å². The molecular weight excluding hydrogens is 224 g/mol. The summed E-state index contributed by atoms with van der Waals surface area (Å²) in [5.74, 6) is 0.522. The molecule has 0 aliphatic heterocycles. The fourth-order valence-electron chi connectivity index (χ4n) is 2.07. The molecule has 0 amide bonds. The number of aromatic nitrogens is 3. The van der Waals surface area contributed by atoms with Crippen LogP contribution < -0.4 is 5.73 Å². The summed E-state index contributed by atoms with van der Waals surface area (Å²) in [7, 11) is 0. The predicted molar refractivity (Wildman–Crippen MR) is 72.5 cm³/mol. The van der Waals surface area contributed by atoms with Gasteiger partial charge in [0.25, 0.3) is 0 Å². The number of hydrogen-bond donors (Lipinski definition) is 1. The Bertz CT molecular complexity index is 608. The van der Waals surface area contributed by atoms with Crippen molar-refractivity contribution in [3.8, 4) is 11.3 Å². The van der Waals surface area contributed by atoms with Crippen molar-refractivity contribution in [3.05, 3.63) is 48.8 Å². The van der Waals surface area contributed by atoms with E-state index < -0.39 is 0 Å². The van der Waals surface area contributed by atoms with Gasteiger partial charge in [-0.3, -0.25) is 4.98 Å². The van der Waals surface area contributed by atoms with Gasteiger partial charge in [-0.2, -0.15) is 5.10 Å². The van der Waals surface area contributed by atoms with Gasteiger partial charge >= 0.3 is 0 Å². The van der Waals surface area contributed by atoms with E-state index in [0.29, 0.717) is 5.82 Å². The normalized spacial score (nSPS) is 14.6. The van der Waals surface area contributed by atoms with Gasteiger partial charge in [0.05, 0.1) is 11.4 Å². The minimum absolute atomic E-state index is 0.522. The highest BCUT2D eigenvalue weighted by atomic mass is 15.3. The minimum atomic E-state index is 0.522. The van der Waals surface area contributed by atoms with Gasteiger partial charge in [-0.15, -0.1) is 0 Å². The van der Waals surface area contributed by atoms with Crippen molar-refractivity contribution in [2.24, 2.45) is 0 Å². The van der Waals surface area contributed by atoms with Gasteiger partial charge in [0.1, 0.15) is 5.82 Å². The number of allylic oxidation sites excluding steroid dienone is 4. The summed E-state index contributed by atoms with van der Waals surface area (Å²) in [6, 6.07) is 5.79. The lowest BCUT2D eigenvalue weighted by Crippen LogP contribution is -2.02. The Morgan fingerprint density at radius 2 is 2.22 bits per heavy atom. The molecule has 2 aromatic rings. The van der Waals surface area contributed by atoms with Crippen LogP contribution in [0.1, 0.15) is 12.8 Å². The SMILES string of the molecule is Nc1cc(-c2cccnc2)n(C2=CCCC=C2)n1. The first-order chi connectivity index (χ1) is 8.84. The van der Waals surface area contributed by atoms with Gasteiger partial charge in [0.2, 0.25) is 0 Å². The van der Waals surface area contributed by atoms with Crippen molar-refractivity contribution in [1.82, 2.24) is 14.8 Å². The Kier molecular flexibility index (Phi) is 2.68. The van der Waals surface area contributed by atoms with Crippen LogP contribution in [0.15, 0.2) is 48.8 Å². The molecule has 1 aliphatic carbocycles. The zero-order chi connectivity index (χ0) is 12.4. The molecule has 0 unspecified atom stereocenters. The van der Waals surface area contributed by atoms with Crippen LogP contribution in [0.4, 0.5) is 5.82 Å². The first-order valence-corrected chi connectivity index (χ1v) is 5.97. The summed E-state index contributed by atoms with van der Waals surface area (Å²) in [6.45, 7) is 0. The molecule has 4 nitrogen and oxygen atoms in total. The highest BCUT2D eigenvalue weighted by molar-refractivity contribution is 5.70. The second kappa shape index (κ2) is 4.49. The Balaban J connectivity index is 2.11. The van der Waals surface area contributed by atoms with Crippen molar-refractivity contribution in [2.45, 2.75) is 12.8 Å². The van der Waals surface area contributed by atoms with Crippen LogP contribution in [0.3, 0.4) is 0 Å². The van der Waals surface area contributed by atoms with E-state index in [0.717, 1.165) is 29.8 Å². The molecule has 1 aliphatic rings. The molecule has 0 saturated heterocycles. The van der Waals surface area contributed by atoms with Crippen LogP contribution in [0.2, 0.25) is 0 Å². The Morgan fingerprint density at radius 3 is 2.94 bits per heavy atom. The van der Waals surface area contributed by atoms with Crippen molar-refractivity contribution in [3.63, 3.8) is 0 Å². The lowest BCUT2D eigenvalue weighted by Gasteiger charge is -2.10. The van der Waals surface area contributed by atoms with Gasteiger partial charge in [-0.05, 0) is 31.1 Å². The van der Waals surface area contributed by atoms with Crippen LogP contribution in [0, 0.1) is 0 Å². The molecule has 3 rings (SSSR count). The molecule has 2 heterocycles. The second-order valence-corrected chi connectivity index (χ2v) is 4.22. The monoisotopic (exact) mass is 238 g/mol. The summed E-state index contributed by atoms with van der Waals surface area (Å²) in [5.41, 5.74) is 8.87. The van der Waals surface area contributed by atoms with Crippen LogP contribution in [-0.2, 0) is 0 Å². The minimum Gasteiger partial charge on any atom is -0.382 e. The molecule has 2 N–H and O–H groups in total. The highest BCUT2D eigenvalue weighted by Crippen LogP contribution is 2.25. The molecule has 0 spiro atoms. The van der Waals surface area contributed by atoms with Gasteiger partial charge in [0.15, 0.2) is 0 Å². The standard InChI is InChI=1S/C14H14N4/c15-14-9-13(11-5-4-8-16-10-11)18(17-14)12-6-2-1-3-7-12/h2,4-10H,1,3H2,(H2,15,17). The lowest BCUT2D eigenvalue weighted by molar-refractivity contribution is 0.899. The Morgan fingerprint density at radius 1 is 1.28 bits per heavy atom. The smallest absolute Gasteiger partial charge is 0.146 e. The van der Waals surface area contributed by atoms with E-state index >= 15 is 0 Å².